The highest BCUT2D eigenvalue weighted by molar-refractivity contribution is 5.91. The van der Waals surface area contributed by atoms with Crippen LogP contribution in [0.1, 0.15) is 37.5 Å². The summed E-state index contributed by atoms with van der Waals surface area (Å²) in [5.74, 6) is 0.834. The molecule has 0 aliphatic rings. The van der Waals surface area contributed by atoms with E-state index in [-0.39, 0.29) is 5.41 Å². The van der Waals surface area contributed by atoms with Crippen molar-refractivity contribution < 1.29 is 4.42 Å². The molecule has 0 spiro atoms. The van der Waals surface area contributed by atoms with Crippen molar-refractivity contribution in [3.8, 4) is 33.8 Å². The summed E-state index contributed by atoms with van der Waals surface area (Å²) < 4.78 is 6.23. The maximum atomic E-state index is 6.23. The predicted octanol–water partition coefficient (Wildman–Crippen LogP) is 8.14. The molecule has 3 heteroatoms. The van der Waals surface area contributed by atoms with Crippen molar-refractivity contribution in [3.63, 3.8) is 0 Å². The number of rotatable bonds is 3. The molecule has 3 nitrogen and oxygen atoms in total. The molecule has 0 saturated heterocycles. The second-order valence-corrected chi connectivity index (χ2v) is 9.75. The molecule has 3 aromatic heterocycles. The van der Waals surface area contributed by atoms with Crippen LogP contribution in [0.25, 0.3) is 44.8 Å². The van der Waals surface area contributed by atoms with Crippen molar-refractivity contribution >= 4 is 11.0 Å². The molecule has 0 aliphatic carbocycles. The second kappa shape index (κ2) is 8.00. The van der Waals surface area contributed by atoms with Crippen LogP contribution in [0.3, 0.4) is 0 Å². The lowest BCUT2D eigenvalue weighted by atomic mass is 9.88. The van der Waals surface area contributed by atoms with Crippen molar-refractivity contribution in [2.75, 3.05) is 0 Å². The maximum Gasteiger partial charge on any atom is 0.156 e. The number of fused-ring (bicyclic) bond motifs is 1. The Morgan fingerprint density at radius 1 is 0.727 bits per heavy atom. The van der Waals surface area contributed by atoms with Gasteiger partial charge < -0.3 is 4.42 Å². The molecular formula is C30H28N2O. The first-order valence-corrected chi connectivity index (χ1v) is 11.3. The number of nitrogens with zero attached hydrogens (tertiary/aromatic N) is 2. The van der Waals surface area contributed by atoms with Crippen LogP contribution in [0.15, 0.2) is 83.5 Å². The summed E-state index contributed by atoms with van der Waals surface area (Å²) in [6, 6.07) is 23.3. The predicted molar refractivity (Wildman–Crippen MR) is 136 cm³/mol. The normalized spacial score (nSPS) is 11.8. The second-order valence-electron chi connectivity index (χ2n) is 9.75. The minimum Gasteiger partial charge on any atom is -0.454 e. The third-order valence-electron chi connectivity index (χ3n) is 6.21. The van der Waals surface area contributed by atoms with Gasteiger partial charge in [0.1, 0.15) is 11.3 Å². The van der Waals surface area contributed by atoms with Crippen LogP contribution in [0, 0.1) is 13.8 Å². The van der Waals surface area contributed by atoms with Crippen LogP contribution in [0.2, 0.25) is 0 Å². The Kier molecular flexibility index (Phi) is 5.13. The summed E-state index contributed by atoms with van der Waals surface area (Å²) in [7, 11) is 0. The number of aryl methyl sites for hydroxylation is 2. The zero-order valence-electron chi connectivity index (χ0n) is 19.8. The van der Waals surface area contributed by atoms with Crippen molar-refractivity contribution in [3.05, 3.63) is 95.8 Å². The number of hydrogen-bond donors (Lipinski definition) is 0. The third-order valence-corrected chi connectivity index (χ3v) is 6.21. The van der Waals surface area contributed by atoms with Gasteiger partial charge in [-0.3, -0.25) is 9.97 Å². The molecule has 0 radical (unpaired) electrons. The van der Waals surface area contributed by atoms with Crippen LogP contribution < -0.4 is 0 Å². The lowest BCUT2D eigenvalue weighted by molar-refractivity contribution is 0.586. The zero-order chi connectivity index (χ0) is 23.2. The Morgan fingerprint density at radius 2 is 1.52 bits per heavy atom. The topological polar surface area (TPSA) is 38.9 Å². The van der Waals surface area contributed by atoms with Gasteiger partial charge in [0, 0.05) is 28.9 Å². The van der Waals surface area contributed by atoms with Crippen LogP contribution in [0.5, 0.6) is 0 Å². The smallest absolute Gasteiger partial charge is 0.156 e. The third kappa shape index (κ3) is 4.07. The maximum absolute atomic E-state index is 6.23. The van der Waals surface area contributed by atoms with Gasteiger partial charge in [-0.2, -0.15) is 0 Å². The molecule has 5 aromatic rings. The first-order valence-electron chi connectivity index (χ1n) is 11.3. The fraction of sp³-hybridized carbons (Fsp3) is 0.200. The quantitative estimate of drug-likeness (QED) is 0.289. The van der Waals surface area contributed by atoms with E-state index >= 15 is 0 Å². The Balaban J connectivity index is 1.54. The van der Waals surface area contributed by atoms with Gasteiger partial charge in [-0.15, -0.1) is 0 Å². The van der Waals surface area contributed by atoms with Crippen molar-refractivity contribution in [2.45, 2.75) is 40.0 Å². The Labute approximate surface area is 195 Å². The van der Waals surface area contributed by atoms with Crippen LogP contribution in [-0.2, 0) is 5.41 Å². The molecule has 0 unspecified atom stereocenters. The summed E-state index contributed by atoms with van der Waals surface area (Å²) in [6.07, 6.45) is 3.82. The molecule has 0 fully saturated rings. The van der Waals surface area contributed by atoms with Crippen molar-refractivity contribution in [1.29, 1.82) is 0 Å². The van der Waals surface area contributed by atoms with Gasteiger partial charge in [-0.05, 0) is 77.9 Å². The molecule has 0 N–H and O–H groups in total. The fourth-order valence-corrected chi connectivity index (χ4v) is 4.17. The number of aromatic nitrogens is 2. The first-order chi connectivity index (χ1) is 15.8. The standard InChI is InChI=1S/C30H28N2O/c1-19-13-14-31-27(15-19)23-8-6-7-21(16-23)22-9-12-28-25(17-22)20(2)29(33-28)26-11-10-24(18-32-26)30(3,4)5/h6-18H,1-5H3. The van der Waals surface area contributed by atoms with Gasteiger partial charge >= 0.3 is 0 Å². The zero-order valence-corrected chi connectivity index (χ0v) is 19.8. The van der Waals surface area contributed by atoms with Gasteiger partial charge in [0.2, 0.25) is 0 Å². The van der Waals surface area contributed by atoms with E-state index in [1.807, 2.05) is 18.5 Å². The molecule has 0 bridgehead atoms. The van der Waals surface area contributed by atoms with Gasteiger partial charge in [0.05, 0.1) is 5.69 Å². The summed E-state index contributed by atoms with van der Waals surface area (Å²) in [5, 5.41) is 1.11. The Hall–Kier alpha value is -3.72. The summed E-state index contributed by atoms with van der Waals surface area (Å²) >= 11 is 0. The first kappa shape index (κ1) is 21.1. The van der Waals surface area contributed by atoms with Gasteiger partial charge in [-0.25, -0.2) is 0 Å². The van der Waals surface area contributed by atoms with Crippen LogP contribution in [0.4, 0.5) is 0 Å². The number of benzene rings is 2. The van der Waals surface area contributed by atoms with E-state index in [2.05, 4.69) is 100 Å². The average molecular weight is 433 g/mol. The van der Waals surface area contributed by atoms with E-state index in [9.17, 15) is 0 Å². The summed E-state index contributed by atoms with van der Waals surface area (Å²) in [6.45, 7) is 10.8. The SMILES string of the molecule is Cc1ccnc(-c2cccc(-c3ccc4oc(-c5ccc(C(C)(C)C)cn5)c(C)c4c3)c2)c1. The van der Waals surface area contributed by atoms with Gasteiger partial charge in [0.15, 0.2) is 5.76 Å². The van der Waals surface area contributed by atoms with E-state index in [0.717, 1.165) is 50.4 Å². The van der Waals surface area contributed by atoms with Crippen molar-refractivity contribution in [1.82, 2.24) is 9.97 Å². The van der Waals surface area contributed by atoms with Crippen LogP contribution in [-0.4, -0.2) is 9.97 Å². The van der Waals surface area contributed by atoms with Gasteiger partial charge in [0.25, 0.3) is 0 Å². The molecule has 0 atom stereocenters. The lowest BCUT2D eigenvalue weighted by Gasteiger charge is -2.18. The van der Waals surface area contributed by atoms with Gasteiger partial charge in [-0.1, -0.05) is 51.1 Å². The van der Waals surface area contributed by atoms with E-state index in [0.29, 0.717) is 0 Å². The number of hydrogen-bond acceptors (Lipinski definition) is 3. The van der Waals surface area contributed by atoms with Crippen LogP contribution >= 0.6 is 0 Å². The molecule has 0 amide bonds. The number of pyridine rings is 2. The minimum atomic E-state index is 0.0753. The minimum absolute atomic E-state index is 0.0753. The van der Waals surface area contributed by atoms with E-state index < -0.39 is 0 Å². The van der Waals surface area contributed by atoms with E-state index in [1.54, 1.807) is 0 Å². The monoisotopic (exact) mass is 432 g/mol. The molecule has 3 heterocycles. The molecule has 0 aliphatic heterocycles. The average Bonchev–Trinajstić information content (AvgIpc) is 3.14. The lowest BCUT2D eigenvalue weighted by Crippen LogP contribution is -2.11. The summed E-state index contributed by atoms with van der Waals surface area (Å²) in [5.41, 5.74) is 9.77. The highest BCUT2D eigenvalue weighted by atomic mass is 16.3. The molecule has 5 rings (SSSR count). The van der Waals surface area contributed by atoms with E-state index in [4.69, 9.17) is 9.40 Å². The van der Waals surface area contributed by atoms with Crippen molar-refractivity contribution in [2.24, 2.45) is 0 Å². The summed E-state index contributed by atoms with van der Waals surface area (Å²) in [4.78, 5) is 9.25. The molecule has 2 aromatic carbocycles. The Morgan fingerprint density at radius 3 is 2.24 bits per heavy atom. The largest absolute Gasteiger partial charge is 0.454 e. The highest BCUT2D eigenvalue weighted by Crippen LogP contribution is 2.36. The number of furan rings is 1. The molecule has 0 saturated carbocycles. The molecule has 164 valence electrons. The molecular weight excluding hydrogens is 404 g/mol. The highest BCUT2D eigenvalue weighted by Gasteiger charge is 2.17. The molecule has 33 heavy (non-hydrogen) atoms. The Bertz CT molecular complexity index is 1450. The fourth-order valence-electron chi connectivity index (χ4n) is 4.17. The van der Waals surface area contributed by atoms with E-state index in [1.165, 1.54) is 11.1 Å².